The Morgan fingerprint density at radius 1 is 0.864 bits per heavy atom. The topological polar surface area (TPSA) is 60.3 Å². The van der Waals surface area contributed by atoms with Crippen LogP contribution in [0.2, 0.25) is 0 Å². The number of rotatable bonds is 11. The smallest absolute Gasteiger partial charge is 0.338 e. The fraction of sp³-hybridized carbons (Fsp3) is 0.282. The molecule has 5 nitrogen and oxygen atoms in total. The van der Waals surface area contributed by atoms with Gasteiger partial charge in [-0.15, -0.1) is 0 Å². The van der Waals surface area contributed by atoms with Gasteiger partial charge in [0.05, 0.1) is 18.2 Å². The van der Waals surface area contributed by atoms with E-state index in [1.807, 2.05) is 74.5 Å². The molecular weight excluding hydrogens is 544 g/mol. The van der Waals surface area contributed by atoms with E-state index in [4.69, 9.17) is 4.74 Å². The van der Waals surface area contributed by atoms with Crippen LogP contribution < -0.4 is 5.32 Å². The monoisotopic (exact) mass is 588 g/mol. The summed E-state index contributed by atoms with van der Waals surface area (Å²) >= 11 is 0. The normalized spacial score (nSPS) is 11.4. The first-order valence-corrected chi connectivity index (χ1v) is 15.8. The molecule has 0 aliphatic heterocycles. The zero-order valence-corrected chi connectivity index (χ0v) is 26.6. The van der Waals surface area contributed by atoms with Gasteiger partial charge in [0.15, 0.2) is 0 Å². The van der Waals surface area contributed by atoms with E-state index in [1.54, 1.807) is 0 Å². The number of hydrogen-bond acceptors (Lipinski definition) is 3. The molecule has 1 unspecified atom stereocenters. The number of benzene rings is 4. The number of hydrogen-bond donors (Lipinski definition) is 1. The van der Waals surface area contributed by atoms with E-state index in [0.29, 0.717) is 24.3 Å². The highest BCUT2D eigenvalue weighted by Crippen LogP contribution is 2.27. The molecule has 5 heteroatoms. The number of carbonyl (C=O) groups is 2. The molecule has 1 amide bonds. The van der Waals surface area contributed by atoms with Crippen molar-refractivity contribution in [1.82, 2.24) is 9.88 Å². The SMILES string of the molecule is CC.CCCCOC(=O)c1ccccc1-c1ccc(Cn2cc(C)c3cc(C(=O)NC(CC)c4ccccc4)ccc32)cc1. The van der Waals surface area contributed by atoms with Gasteiger partial charge < -0.3 is 14.6 Å². The van der Waals surface area contributed by atoms with E-state index in [2.05, 4.69) is 73.3 Å². The summed E-state index contributed by atoms with van der Waals surface area (Å²) in [5.74, 6) is -0.347. The number of nitrogens with one attached hydrogen (secondary N) is 1. The third kappa shape index (κ3) is 7.65. The highest BCUT2D eigenvalue weighted by atomic mass is 16.5. The molecule has 1 atom stereocenters. The third-order valence-corrected chi connectivity index (χ3v) is 7.75. The van der Waals surface area contributed by atoms with Crippen LogP contribution in [0.3, 0.4) is 0 Å². The zero-order chi connectivity index (χ0) is 31.5. The van der Waals surface area contributed by atoms with Crippen molar-refractivity contribution in [2.45, 2.75) is 66.5 Å². The Hall–Kier alpha value is -4.64. The Balaban J connectivity index is 0.00000216. The van der Waals surface area contributed by atoms with E-state index >= 15 is 0 Å². The fourth-order valence-electron chi connectivity index (χ4n) is 5.38. The minimum Gasteiger partial charge on any atom is -0.462 e. The minimum atomic E-state index is -0.282. The van der Waals surface area contributed by atoms with Crippen LogP contribution in [0.5, 0.6) is 0 Å². The summed E-state index contributed by atoms with van der Waals surface area (Å²) in [5.41, 5.74) is 7.57. The van der Waals surface area contributed by atoms with Crippen LogP contribution in [0, 0.1) is 6.92 Å². The maximum atomic E-state index is 13.2. The van der Waals surface area contributed by atoms with E-state index < -0.39 is 0 Å². The number of aryl methyl sites for hydroxylation is 1. The molecule has 1 heterocycles. The number of esters is 1. The Morgan fingerprint density at radius 2 is 1.57 bits per heavy atom. The van der Waals surface area contributed by atoms with Gasteiger partial charge in [-0.05, 0) is 71.8 Å². The summed E-state index contributed by atoms with van der Waals surface area (Å²) in [4.78, 5) is 25.9. The molecule has 0 saturated heterocycles. The lowest BCUT2D eigenvalue weighted by molar-refractivity contribution is 0.0500. The average Bonchev–Trinajstić information content (AvgIpc) is 3.39. The number of amides is 1. The first-order valence-electron chi connectivity index (χ1n) is 15.8. The second-order valence-electron chi connectivity index (χ2n) is 10.7. The molecule has 0 aliphatic carbocycles. The van der Waals surface area contributed by atoms with Gasteiger partial charge in [-0.3, -0.25) is 4.79 Å². The molecule has 44 heavy (non-hydrogen) atoms. The number of ether oxygens (including phenoxy) is 1. The van der Waals surface area contributed by atoms with E-state index in [0.717, 1.165) is 58.0 Å². The molecule has 4 aromatic carbocycles. The Labute approximate surface area is 261 Å². The van der Waals surface area contributed by atoms with Gasteiger partial charge in [-0.25, -0.2) is 4.79 Å². The van der Waals surface area contributed by atoms with Crippen LogP contribution in [0.25, 0.3) is 22.0 Å². The van der Waals surface area contributed by atoms with Gasteiger partial charge >= 0.3 is 5.97 Å². The molecule has 1 aromatic heterocycles. The fourth-order valence-corrected chi connectivity index (χ4v) is 5.38. The molecule has 0 saturated carbocycles. The molecule has 0 fully saturated rings. The lowest BCUT2D eigenvalue weighted by atomic mass is 9.98. The van der Waals surface area contributed by atoms with Gasteiger partial charge in [-0.2, -0.15) is 0 Å². The van der Waals surface area contributed by atoms with Crippen molar-refractivity contribution in [2.24, 2.45) is 0 Å². The van der Waals surface area contributed by atoms with Gasteiger partial charge in [0, 0.05) is 29.2 Å². The van der Waals surface area contributed by atoms with Crippen LogP contribution >= 0.6 is 0 Å². The summed E-state index contributed by atoms with van der Waals surface area (Å²) in [6.45, 7) is 11.4. The zero-order valence-electron chi connectivity index (χ0n) is 26.6. The van der Waals surface area contributed by atoms with E-state index in [-0.39, 0.29) is 17.9 Å². The van der Waals surface area contributed by atoms with Crippen molar-refractivity contribution in [1.29, 1.82) is 0 Å². The largest absolute Gasteiger partial charge is 0.462 e. The molecule has 5 aromatic rings. The van der Waals surface area contributed by atoms with Crippen molar-refractivity contribution in [3.63, 3.8) is 0 Å². The third-order valence-electron chi connectivity index (χ3n) is 7.75. The Bertz CT molecular complexity index is 1670. The Morgan fingerprint density at radius 3 is 2.27 bits per heavy atom. The number of aromatic nitrogens is 1. The summed E-state index contributed by atoms with van der Waals surface area (Å²) in [6.07, 6.45) is 4.80. The predicted molar refractivity (Wildman–Crippen MR) is 181 cm³/mol. The van der Waals surface area contributed by atoms with Crippen LogP contribution in [-0.2, 0) is 11.3 Å². The lowest BCUT2D eigenvalue weighted by Crippen LogP contribution is -2.28. The van der Waals surface area contributed by atoms with Gasteiger partial charge in [0.1, 0.15) is 0 Å². The summed E-state index contributed by atoms with van der Waals surface area (Å²) < 4.78 is 7.70. The molecule has 5 rings (SSSR count). The van der Waals surface area contributed by atoms with Crippen LogP contribution in [-0.4, -0.2) is 23.1 Å². The second-order valence-corrected chi connectivity index (χ2v) is 10.7. The second kappa shape index (κ2) is 15.7. The molecular formula is C39H44N2O3. The highest BCUT2D eigenvalue weighted by molar-refractivity contribution is 5.99. The molecule has 228 valence electrons. The van der Waals surface area contributed by atoms with Crippen molar-refractivity contribution in [3.05, 3.63) is 131 Å². The average molecular weight is 589 g/mol. The van der Waals surface area contributed by atoms with Gasteiger partial charge in [-0.1, -0.05) is 107 Å². The molecule has 0 radical (unpaired) electrons. The molecule has 0 spiro atoms. The first-order chi connectivity index (χ1) is 21.5. The summed E-state index contributed by atoms with van der Waals surface area (Å²) in [6, 6.07) is 31.9. The van der Waals surface area contributed by atoms with Gasteiger partial charge in [0.25, 0.3) is 5.91 Å². The first kappa shape index (κ1) is 32.3. The van der Waals surface area contributed by atoms with E-state index in [1.165, 1.54) is 0 Å². The maximum Gasteiger partial charge on any atom is 0.338 e. The summed E-state index contributed by atoms with van der Waals surface area (Å²) in [5, 5.41) is 4.27. The maximum absolute atomic E-state index is 13.2. The van der Waals surface area contributed by atoms with Crippen LogP contribution in [0.4, 0.5) is 0 Å². The van der Waals surface area contributed by atoms with Gasteiger partial charge in [0.2, 0.25) is 0 Å². The molecule has 1 N–H and O–H groups in total. The lowest BCUT2D eigenvalue weighted by Gasteiger charge is -2.17. The van der Waals surface area contributed by atoms with Crippen LogP contribution in [0.1, 0.15) is 90.4 Å². The Kier molecular flexibility index (Phi) is 11.5. The minimum absolute atomic E-state index is 0.0262. The van der Waals surface area contributed by atoms with Crippen molar-refractivity contribution >= 4 is 22.8 Å². The standard InChI is InChI=1S/C37H38N2O3.C2H6/c1-4-6-22-42-37(41)32-15-11-10-14-31(32)28-18-16-27(17-19-28)25-39-24-26(3)33-23-30(20-21-35(33)39)36(40)38-34(5-2)29-12-8-7-9-13-29;1-2/h7-21,23-24,34H,4-6,22,25H2,1-3H3,(H,38,40);1-2H3. The molecule has 0 bridgehead atoms. The number of unbranched alkanes of at least 4 members (excludes halogenated alkanes) is 1. The van der Waals surface area contributed by atoms with Crippen molar-refractivity contribution in [3.8, 4) is 11.1 Å². The number of fused-ring (bicyclic) bond motifs is 1. The van der Waals surface area contributed by atoms with Crippen LogP contribution in [0.15, 0.2) is 103 Å². The number of carbonyl (C=O) groups excluding carboxylic acids is 2. The van der Waals surface area contributed by atoms with Crippen molar-refractivity contribution in [2.75, 3.05) is 6.61 Å². The number of nitrogens with zero attached hydrogens (tertiary/aromatic N) is 1. The predicted octanol–water partition coefficient (Wildman–Crippen LogP) is 9.53. The highest BCUT2D eigenvalue weighted by Gasteiger charge is 2.17. The summed E-state index contributed by atoms with van der Waals surface area (Å²) in [7, 11) is 0. The quantitative estimate of drug-likeness (QED) is 0.123. The van der Waals surface area contributed by atoms with E-state index in [9.17, 15) is 9.59 Å². The van der Waals surface area contributed by atoms with Crippen molar-refractivity contribution < 1.29 is 14.3 Å². The molecule has 0 aliphatic rings.